The van der Waals surface area contributed by atoms with E-state index in [1.807, 2.05) is 6.92 Å². The quantitative estimate of drug-likeness (QED) is 0.577. The molecule has 1 aliphatic heterocycles. The summed E-state index contributed by atoms with van der Waals surface area (Å²) in [5.74, 6) is 0. The van der Waals surface area contributed by atoms with Gasteiger partial charge in [-0.3, -0.25) is 4.90 Å². The van der Waals surface area contributed by atoms with E-state index >= 15 is 0 Å². The number of piperazine rings is 1. The predicted molar refractivity (Wildman–Crippen MR) is 45.6 cm³/mol. The number of hydrogen-bond donors (Lipinski definition) is 2. The van der Waals surface area contributed by atoms with E-state index in [0.717, 1.165) is 26.2 Å². The van der Waals surface area contributed by atoms with Crippen molar-refractivity contribution in [3.05, 3.63) is 0 Å². The highest BCUT2D eigenvalue weighted by atomic mass is 16.3. The van der Waals surface area contributed by atoms with E-state index < -0.39 is 0 Å². The lowest BCUT2D eigenvalue weighted by Gasteiger charge is -2.34. The van der Waals surface area contributed by atoms with Crippen molar-refractivity contribution in [1.82, 2.24) is 10.2 Å². The van der Waals surface area contributed by atoms with E-state index in [4.69, 9.17) is 5.11 Å². The number of β-amino-alcohol motifs (C(OH)–C–C–N with tert-alkyl or cyclic N) is 1. The van der Waals surface area contributed by atoms with Gasteiger partial charge in [-0.2, -0.15) is 0 Å². The highest BCUT2D eigenvalue weighted by molar-refractivity contribution is 4.76. The second-order valence-corrected chi connectivity index (χ2v) is 3.40. The monoisotopic (exact) mass is 158 g/mol. The molecule has 66 valence electrons. The molecule has 0 bridgehead atoms. The van der Waals surface area contributed by atoms with Crippen LogP contribution in [0.25, 0.3) is 0 Å². The lowest BCUT2D eigenvalue weighted by molar-refractivity contribution is 0.0897. The van der Waals surface area contributed by atoms with Gasteiger partial charge >= 0.3 is 0 Å². The Balaban J connectivity index is 2.29. The molecule has 0 aromatic carbocycles. The molecule has 1 heterocycles. The molecule has 0 unspecified atom stereocenters. The first-order valence-electron chi connectivity index (χ1n) is 4.33. The van der Waals surface area contributed by atoms with Crippen molar-refractivity contribution in [2.45, 2.75) is 26.0 Å². The van der Waals surface area contributed by atoms with Gasteiger partial charge in [0.05, 0.1) is 6.10 Å². The van der Waals surface area contributed by atoms with Gasteiger partial charge in [-0.1, -0.05) is 0 Å². The first-order valence-corrected chi connectivity index (χ1v) is 4.33. The molecular formula is C8H18N2O. The van der Waals surface area contributed by atoms with Crippen molar-refractivity contribution in [3.8, 4) is 0 Å². The van der Waals surface area contributed by atoms with Crippen LogP contribution >= 0.6 is 0 Å². The summed E-state index contributed by atoms with van der Waals surface area (Å²) in [6.07, 6.45) is -0.199. The van der Waals surface area contributed by atoms with Gasteiger partial charge < -0.3 is 10.4 Å². The molecule has 0 radical (unpaired) electrons. The topological polar surface area (TPSA) is 35.5 Å². The van der Waals surface area contributed by atoms with Crippen molar-refractivity contribution < 1.29 is 5.11 Å². The van der Waals surface area contributed by atoms with Crippen LogP contribution in [0.15, 0.2) is 0 Å². The van der Waals surface area contributed by atoms with Crippen LogP contribution in [0.1, 0.15) is 13.8 Å². The summed E-state index contributed by atoms with van der Waals surface area (Å²) in [6.45, 7) is 8.00. The molecule has 11 heavy (non-hydrogen) atoms. The maximum atomic E-state index is 9.16. The Kier molecular flexibility index (Phi) is 3.30. The number of nitrogens with zero attached hydrogens (tertiary/aromatic N) is 1. The summed E-state index contributed by atoms with van der Waals surface area (Å²) < 4.78 is 0. The molecule has 1 fully saturated rings. The van der Waals surface area contributed by atoms with Gasteiger partial charge in [-0.15, -0.1) is 0 Å². The Bertz CT molecular complexity index is 117. The molecule has 0 spiro atoms. The van der Waals surface area contributed by atoms with Crippen LogP contribution in [0.5, 0.6) is 0 Å². The summed E-state index contributed by atoms with van der Waals surface area (Å²) >= 11 is 0. The van der Waals surface area contributed by atoms with E-state index in [9.17, 15) is 0 Å². The molecule has 1 rings (SSSR count). The molecule has 2 atom stereocenters. The van der Waals surface area contributed by atoms with Gasteiger partial charge in [0.25, 0.3) is 0 Å². The zero-order valence-corrected chi connectivity index (χ0v) is 7.38. The minimum absolute atomic E-state index is 0.199. The first kappa shape index (κ1) is 8.97. The molecular weight excluding hydrogens is 140 g/mol. The Labute approximate surface area is 68.4 Å². The second-order valence-electron chi connectivity index (χ2n) is 3.40. The van der Waals surface area contributed by atoms with Gasteiger partial charge in [0.2, 0.25) is 0 Å². The number of hydrogen-bond acceptors (Lipinski definition) is 3. The van der Waals surface area contributed by atoms with Crippen molar-refractivity contribution in [2.24, 2.45) is 0 Å². The highest BCUT2D eigenvalue weighted by Gasteiger charge is 2.18. The third-order valence-electron chi connectivity index (χ3n) is 2.14. The van der Waals surface area contributed by atoms with E-state index in [0.29, 0.717) is 6.04 Å². The van der Waals surface area contributed by atoms with Gasteiger partial charge in [-0.05, 0) is 13.8 Å². The normalized spacial score (nSPS) is 30.3. The summed E-state index contributed by atoms with van der Waals surface area (Å²) in [7, 11) is 0. The Morgan fingerprint density at radius 2 is 2.45 bits per heavy atom. The average molecular weight is 158 g/mol. The van der Waals surface area contributed by atoms with Crippen molar-refractivity contribution in [1.29, 1.82) is 0 Å². The molecule has 1 aliphatic rings. The molecule has 0 aliphatic carbocycles. The van der Waals surface area contributed by atoms with Crippen LogP contribution in [-0.4, -0.2) is 48.3 Å². The smallest absolute Gasteiger partial charge is 0.0639 e. The Morgan fingerprint density at radius 1 is 1.73 bits per heavy atom. The summed E-state index contributed by atoms with van der Waals surface area (Å²) in [6, 6.07) is 0.568. The van der Waals surface area contributed by atoms with E-state index in [2.05, 4.69) is 17.1 Å². The van der Waals surface area contributed by atoms with Gasteiger partial charge in [0, 0.05) is 32.2 Å². The van der Waals surface area contributed by atoms with E-state index in [1.165, 1.54) is 0 Å². The van der Waals surface area contributed by atoms with Crippen LogP contribution < -0.4 is 5.32 Å². The first-order chi connectivity index (χ1) is 5.20. The summed E-state index contributed by atoms with van der Waals surface area (Å²) in [4.78, 5) is 2.32. The average Bonchev–Trinajstić information content (AvgIpc) is 1.93. The molecule has 1 saturated heterocycles. The van der Waals surface area contributed by atoms with Gasteiger partial charge in [-0.25, -0.2) is 0 Å². The van der Waals surface area contributed by atoms with Crippen molar-refractivity contribution in [2.75, 3.05) is 26.2 Å². The minimum Gasteiger partial charge on any atom is -0.392 e. The molecule has 3 nitrogen and oxygen atoms in total. The van der Waals surface area contributed by atoms with Crippen LogP contribution in [0.4, 0.5) is 0 Å². The lowest BCUT2D eigenvalue weighted by Crippen LogP contribution is -2.51. The standard InChI is InChI=1S/C8H18N2O/c1-7-5-9-3-4-10(7)6-8(2)11/h7-9,11H,3-6H2,1-2H3/t7-,8-/m0/s1. The largest absolute Gasteiger partial charge is 0.392 e. The second kappa shape index (κ2) is 4.04. The molecule has 3 heteroatoms. The van der Waals surface area contributed by atoms with E-state index in [1.54, 1.807) is 0 Å². The minimum atomic E-state index is -0.199. The Morgan fingerprint density at radius 3 is 3.00 bits per heavy atom. The maximum Gasteiger partial charge on any atom is 0.0639 e. The zero-order valence-electron chi connectivity index (χ0n) is 7.38. The zero-order chi connectivity index (χ0) is 8.27. The summed E-state index contributed by atoms with van der Waals surface area (Å²) in [5, 5.41) is 12.5. The molecule has 0 aromatic heterocycles. The number of aliphatic hydroxyl groups is 1. The van der Waals surface area contributed by atoms with Gasteiger partial charge in [0.15, 0.2) is 0 Å². The number of rotatable bonds is 2. The number of nitrogens with one attached hydrogen (secondary N) is 1. The van der Waals surface area contributed by atoms with Crippen LogP contribution in [0.3, 0.4) is 0 Å². The fraction of sp³-hybridized carbons (Fsp3) is 1.00. The third kappa shape index (κ3) is 2.77. The SMILES string of the molecule is C[C@H](O)CN1CCNC[C@@H]1C. The predicted octanol–water partition coefficient (Wildman–Crippen LogP) is -0.339. The van der Waals surface area contributed by atoms with E-state index in [-0.39, 0.29) is 6.10 Å². The van der Waals surface area contributed by atoms with Crippen LogP contribution in [0.2, 0.25) is 0 Å². The van der Waals surface area contributed by atoms with Crippen molar-refractivity contribution >= 4 is 0 Å². The third-order valence-corrected chi connectivity index (χ3v) is 2.14. The molecule has 0 saturated carbocycles. The maximum absolute atomic E-state index is 9.16. The fourth-order valence-corrected chi connectivity index (χ4v) is 1.49. The summed E-state index contributed by atoms with van der Waals surface area (Å²) in [5.41, 5.74) is 0. The Hall–Kier alpha value is -0.120. The lowest BCUT2D eigenvalue weighted by atomic mass is 10.2. The van der Waals surface area contributed by atoms with Gasteiger partial charge in [0.1, 0.15) is 0 Å². The number of aliphatic hydroxyl groups excluding tert-OH is 1. The fourth-order valence-electron chi connectivity index (χ4n) is 1.49. The molecule has 0 amide bonds. The molecule has 2 N–H and O–H groups in total. The van der Waals surface area contributed by atoms with Crippen LogP contribution in [0, 0.1) is 0 Å². The van der Waals surface area contributed by atoms with Crippen molar-refractivity contribution in [3.63, 3.8) is 0 Å². The highest BCUT2D eigenvalue weighted by Crippen LogP contribution is 2.02. The van der Waals surface area contributed by atoms with Crippen LogP contribution in [-0.2, 0) is 0 Å². The molecule has 0 aromatic rings.